The minimum Gasteiger partial charge on any atom is -0.493 e. The highest BCUT2D eigenvalue weighted by Crippen LogP contribution is 2.41. The van der Waals surface area contributed by atoms with Crippen LogP contribution in [0.2, 0.25) is 0 Å². The molecule has 0 bridgehead atoms. The quantitative estimate of drug-likeness (QED) is 0.570. The third-order valence-electron chi connectivity index (χ3n) is 4.25. The first kappa shape index (κ1) is 18.8. The van der Waals surface area contributed by atoms with Gasteiger partial charge in [0.25, 0.3) is 0 Å². The van der Waals surface area contributed by atoms with Crippen LogP contribution in [0.25, 0.3) is 11.4 Å². The van der Waals surface area contributed by atoms with Crippen LogP contribution in [0.5, 0.6) is 17.2 Å². The van der Waals surface area contributed by atoms with Crippen LogP contribution in [-0.2, 0) is 0 Å². The largest absolute Gasteiger partial charge is 0.493 e. The molecule has 0 atom stereocenters. The predicted octanol–water partition coefficient (Wildman–Crippen LogP) is 4.09. The van der Waals surface area contributed by atoms with Crippen LogP contribution in [-0.4, -0.2) is 47.7 Å². The minimum atomic E-state index is 0.528. The molecule has 0 unspecified atom stereocenters. The molecular weight excluding hydrogens is 444 g/mol. The van der Waals surface area contributed by atoms with E-state index in [1.807, 2.05) is 36.4 Å². The molecule has 3 aromatic rings. The maximum atomic E-state index is 5.46. The third-order valence-corrected chi connectivity index (χ3v) is 5.68. The van der Waals surface area contributed by atoms with Crippen molar-refractivity contribution in [1.82, 2.24) is 14.9 Å². The van der Waals surface area contributed by atoms with Gasteiger partial charge in [-0.25, -0.2) is 0 Å². The summed E-state index contributed by atoms with van der Waals surface area (Å²) in [7, 11) is 4.74. The molecule has 4 rings (SSSR count). The summed E-state index contributed by atoms with van der Waals surface area (Å²) in [5, 5.41) is 14.2. The molecule has 0 fully saturated rings. The fourth-order valence-corrected chi connectivity index (χ4v) is 4.16. The first-order valence-electron chi connectivity index (χ1n) is 8.37. The van der Waals surface area contributed by atoms with Crippen molar-refractivity contribution < 1.29 is 14.2 Å². The molecule has 1 aromatic heterocycles. The van der Waals surface area contributed by atoms with Crippen LogP contribution in [0.1, 0.15) is 5.56 Å². The van der Waals surface area contributed by atoms with Gasteiger partial charge < -0.3 is 14.2 Å². The Kier molecular flexibility index (Phi) is 5.27. The van der Waals surface area contributed by atoms with Crippen LogP contribution in [0, 0.1) is 0 Å². The minimum absolute atomic E-state index is 0.528. The normalized spacial score (nSPS) is 12.9. The van der Waals surface area contributed by atoms with Gasteiger partial charge in [-0.2, -0.15) is 9.78 Å². The fraction of sp³-hybridized carbons (Fsp3) is 0.211. The number of benzene rings is 2. The Bertz CT molecular complexity index is 1040. The highest BCUT2D eigenvalue weighted by atomic mass is 79.9. The van der Waals surface area contributed by atoms with Gasteiger partial charge in [-0.3, -0.25) is 0 Å². The molecular formula is C19H17BrN4O3S. The second-order valence-corrected chi connectivity index (χ2v) is 7.74. The molecule has 0 saturated carbocycles. The molecule has 0 spiro atoms. The topological polar surface area (TPSA) is 70.8 Å². The van der Waals surface area contributed by atoms with E-state index in [0.29, 0.717) is 23.1 Å². The van der Waals surface area contributed by atoms with E-state index in [2.05, 4.69) is 26.1 Å². The molecule has 28 heavy (non-hydrogen) atoms. The van der Waals surface area contributed by atoms with Crippen molar-refractivity contribution in [3.8, 4) is 28.6 Å². The summed E-state index contributed by atoms with van der Waals surface area (Å²) in [5.41, 5.74) is 2.78. The van der Waals surface area contributed by atoms with E-state index >= 15 is 0 Å². The van der Waals surface area contributed by atoms with Gasteiger partial charge in [0.2, 0.25) is 10.9 Å². The fourth-order valence-electron chi connectivity index (χ4n) is 2.93. The van der Waals surface area contributed by atoms with Crippen LogP contribution >= 0.6 is 27.7 Å². The Labute approximate surface area is 174 Å². The van der Waals surface area contributed by atoms with E-state index in [4.69, 9.17) is 19.3 Å². The second kappa shape index (κ2) is 7.84. The Hall–Kier alpha value is -2.52. The van der Waals surface area contributed by atoms with Gasteiger partial charge in [0.15, 0.2) is 17.3 Å². The van der Waals surface area contributed by atoms with Gasteiger partial charge in [0.1, 0.15) is 0 Å². The number of halogens is 1. The molecule has 0 radical (unpaired) electrons. The van der Waals surface area contributed by atoms with Gasteiger partial charge in [0.05, 0.1) is 27.0 Å². The number of rotatable bonds is 5. The molecule has 2 heterocycles. The molecule has 144 valence electrons. The molecule has 0 N–H and O–H groups in total. The number of ether oxygens (including phenoxy) is 3. The van der Waals surface area contributed by atoms with Gasteiger partial charge >= 0.3 is 0 Å². The number of hydrogen-bond acceptors (Lipinski definition) is 7. The average molecular weight is 461 g/mol. The van der Waals surface area contributed by atoms with Gasteiger partial charge in [0, 0.05) is 15.8 Å². The highest BCUT2D eigenvalue weighted by molar-refractivity contribution is 9.10. The second-order valence-electron chi connectivity index (χ2n) is 5.88. The van der Waals surface area contributed by atoms with Crippen molar-refractivity contribution >= 4 is 33.4 Å². The van der Waals surface area contributed by atoms with E-state index in [1.165, 1.54) is 0 Å². The number of aromatic nitrogens is 3. The zero-order valence-corrected chi connectivity index (χ0v) is 17.9. The van der Waals surface area contributed by atoms with Crippen LogP contribution in [0.15, 0.2) is 51.1 Å². The first-order valence-corrected chi connectivity index (χ1v) is 10.1. The number of hydrogen-bond donors (Lipinski definition) is 0. The molecule has 0 saturated heterocycles. The lowest BCUT2D eigenvalue weighted by Gasteiger charge is -2.16. The molecule has 0 aliphatic carbocycles. The van der Waals surface area contributed by atoms with E-state index in [0.717, 1.165) is 32.2 Å². The first-order chi connectivity index (χ1) is 13.6. The molecule has 7 nitrogen and oxygen atoms in total. The summed E-state index contributed by atoms with van der Waals surface area (Å²) < 4.78 is 19.1. The zero-order valence-electron chi connectivity index (χ0n) is 15.5. The summed E-state index contributed by atoms with van der Waals surface area (Å²) in [6, 6.07) is 11.8. The molecule has 9 heteroatoms. The van der Waals surface area contributed by atoms with Crippen LogP contribution in [0.4, 0.5) is 0 Å². The van der Waals surface area contributed by atoms with Crippen molar-refractivity contribution in [2.75, 3.05) is 27.1 Å². The van der Waals surface area contributed by atoms with E-state index in [-0.39, 0.29) is 0 Å². The van der Waals surface area contributed by atoms with Crippen molar-refractivity contribution in [3.63, 3.8) is 0 Å². The van der Waals surface area contributed by atoms with Gasteiger partial charge in [-0.15, -0.1) is 10.2 Å². The third kappa shape index (κ3) is 3.35. The smallest absolute Gasteiger partial charge is 0.212 e. The summed E-state index contributed by atoms with van der Waals surface area (Å²) >= 11 is 5.11. The van der Waals surface area contributed by atoms with E-state index < -0.39 is 0 Å². The molecule has 1 aliphatic rings. The lowest BCUT2D eigenvalue weighted by molar-refractivity contribution is 0.324. The monoisotopic (exact) mass is 460 g/mol. The lowest BCUT2D eigenvalue weighted by atomic mass is 10.1. The van der Waals surface area contributed by atoms with Crippen molar-refractivity contribution in [1.29, 1.82) is 0 Å². The van der Waals surface area contributed by atoms with Gasteiger partial charge in [-0.05, 0) is 29.8 Å². The standard InChI is InChI=1S/C19H17BrN4O3S/c1-25-15-8-12(9-16(26-2)17(15)27-3)18-21-22-19-24(18)23-14(10-28-19)11-5-4-6-13(20)7-11/h4-9H,10H2,1-3H3. The van der Waals surface area contributed by atoms with Crippen LogP contribution < -0.4 is 14.2 Å². The number of fused-ring (bicyclic) bond motifs is 1. The molecule has 0 amide bonds. The number of nitrogens with zero attached hydrogens (tertiary/aromatic N) is 4. The van der Waals surface area contributed by atoms with E-state index in [1.54, 1.807) is 37.8 Å². The van der Waals surface area contributed by atoms with Crippen molar-refractivity contribution in [2.45, 2.75) is 5.16 Å². The molecule has 2 aromatic carbocycles. The summed E-state index contributed by atoms with van der Waals surface area (Å²) in [4.78, 5) is 0. The summed E-state index contributed by atoms with van der Waals surface area (Å²) in [6.45, 7) is 0. The van der Waals surface area contributed by atoms with Crippen LogP contribution in [0.3, 0.4) is 0 Å². The molecule has 1 aliphatic heterocycles. The Morgan fingerprint density at radius 2 is 1.71 bits per heavy atom. The number of thioether (sulfide) groups is 1. The zero-order chi connectivity index (χ0) is 19.7. The van der Waals surface area contributed by atoms with Crippen molar-refractivity contribution in [3.05, 3.63) is 46.4 Å². The predicted molar refractivity (Wildman–Crippen MR) is 112 cm³/mol. The van der Waals surface area contributed by atoms with Gasteiger partial charge in [-0.1, -0.05) is 39.8 Å². The average Bonchev–Trinajstić information content (AvgIpc) is 3.15. The Balaban J connectivity index is 1.82. The van der Waals surface area contributed by atoms with Crippen molar-refractivity contribution in [2.24, 2.45) is 5.10 Å². The Morgan fingerprint density at radius 1 is 0.964 bits per heavy atom. The highest BCUT2D eigenvalue weighted by Gasteiger charge is 2.23. The SMILES string of the molecule is COc1cc(-c2nnc3n2N=C(c2cccc(Br)c2)CS3)cc(OC)c1OC. The summed E-state index contributed by atoms with van der Waals surface area (Å²) in [6.07, 6.45) is 0. The maximum absolute atomic E-state index is 5.46. The summed E-state index contributed by atoms with van der Waals surface area (Å²) in [5.74, 6) is 2.96. The Morgan fingerprint density at radius 3 is 2.36 bits per heavy atom. The maximum Gasteiger partial charge on any atom is 0.212 e. The lowest BCUT2D eigenvalue weighted by Crippen LogP contribution is -2.13. The van der Waals surface area contributed by atoms with E-state index in [9.17, 15) is 0 Å². The number of methoxy groups -OCH3 is 3.